The van der Waals surface area contributed by atoms with Gasteiger partial charge in [0.25, 0.3) is 0 Å². The molecule has 0 unspecified atom stereocenters. The van der Waals surface area contributed by atoms with Crippen molar-refractivity contribution in [2.45, 2.75) is 148 Å². The highest BCUT2D eigenvalue weighted by molar-refractivity contribution is 4.51. The van der Waals surface area contributed by atoms with E-state index in [9.17, 15) is 5.21 Å². The molecular formula is C24H51NO. The maximum absolute atomic E-state index is 10.2. The first-order valence-electron chi connectivity index (χ1n) is 12.4. The first kappa shape index (κ1) is 25.9. The van der Waals surface area contributed by atoms with Gasteiger partial charge in [0.2, 0.25) is 0 Å². The fraction of sp³-hybridized carbons (Fsp3) is 1.00. The van der Waals surface area contributed by atoms with E-state index in [1.807, 2.05) is 0 Å². The van der Waals surface area contributed by atoms with Crippen molar-refractivity contribution in [3.63, 3.8) is 0 Å². The summed E-state index contributed by atoms with van der Waals surface area (Å²) >= 11 is 0. The topological polar surface area (TPSA) is 39.7 Å². The summed E-state index contributed by atoms with van der Waals surface area (Å²) in [6, 6.07) is 0. The molecule has 0 aromatic rings. The normalized spacial score (nSPS) is 11.3. The van der Waals surface area contributed by atoms with E-state index in [1.165, 1.54) is 135 Å². The zero-order valence-electron chi connectivity index (χ0n) is 18.2. The van der Waals surface area contributed by atoms with Crippen molar-refractivity contribution in [3.05, 3.63) is 5.21 Å². The Morgan fingerprint density at radius 2 is 0.615 bits per heavy atom. The van der Waals surface area contributed by atoms with Gasteiger partial charge in [0.05, 0.1) is 6.54 Å². The predicted molar refractivity (Wildman–Crippen MR) is 117 cm³/mol. The first-order chi connectivity index (χ1) is 12.9. The second-order valence-electron chi connectivity index (χ2n) is 8.38. The van der Waals surface area contributed by atoms with E-state index in [1.54, 1.807) is 0 Å². The van der Waals surface area contributed by atoms with Crippen LogP contribution in [0.3, 0.4) is 0 Å². The highest BCUT2D eigenvalue weighted by atomic mass is 16.5. The van der Waals surface area contributed by atoms with E-state index in [0.29, 0.717) is 0 Å². The maximum atomic E-state index is 10.2. The largest absolute Gasteiger partial charge is 0.636 e. The minimum Gasteiger partial charge on any atom is -0.636 e. The molecule has 0 saturated heterocycles. The van der Waals surface area contributed by atoms with Crippen LogP contribution in [0, 0.1) is 5.21 Å². The Labute approximate surface area is 165 Å². The van der Waals surface area contributed by atoms with Crippen LogP contribution in [-0.4, -0.2) is 6.54 Å². The average molecular weight is 370 g/mol. The number of hydrogen-bond donors (Lipinski definition) is 1. The molecule has 2 N–H and O–H groups in total. The molecule has 0 aromatic heterocycles. The molecule has 0 amide bonds. The average Bonchev–Trinajstić information content (AvgIpc) is 2.66. The van der Waals surface area contributed by atoms with Gasteiger partial charge in [-0.2, -0.15) is 0 Å². The predicted octanol–water partition coefficient (Wildman–Crippen LogP) is 7.65. The van der Waals surface area contributed by atoms with Crippen LogP contribution in [-0.2, 0) is 0 Å². The number of hydroxylamine groups is 1. The van der Waals surface area contributed by atoms with Crippen molar-refractivity contribution < 1.29 is 5.48 Å². The van der Waals surface area contributed by atoms with Crippen LogP contribution in [0.25, 0.3) is 0 Å². The molecule has 2 nitrogen and oxygen atoms in total. The Morgan fingerprint density at radius 1 is 0.385 bits per heavy atom. The third-order valence-corrected chi connectivity index (χ3v) is 5.68. The van der Waals surface area contributed by atoms with Gasteiger partial charge < -0.3 is 10.7 Å². The molecule has 0 fully saturated rings. The first-order valence-corrected chi connectivity index (χ1v) is 12.4. The van der Waals surface area contributed by atoms with Gasteiger partial charge in [-0.3, -0.25) is 0 Å². The summed E-state index contributed by atoms with van der Waals surface area (Å²) in [5, 5.41) is 10.2. The lowest BCUT2D eigenvalue weighted by Gasteiger charge is -2.04. The zero-order chi connectivity index (χ0) is 19.0. The highest BCUT2D eigenvalue weighted by Gasteiger charge is 1.95. The fourth-order valence-electron chi connectivity index (χ4n) is 3.84. The highest BCUT2D eigenvalue weighted by Crippen LogP contribution is 2.15. The molecule has 26 heavy (non-hydrogen) atoms. The second-order valence-corrected chi connectivity index (χ2v) is 8.38. The van der Waals surface area contributed by atoms with Crippen LogP contribution in [0.4, 0.5) is 0 Å². The molecule has 0 bridgehead atoms. The number of unbranched alkanes of at least 4 members (excludes halogenated alkanes) is 21. The van der Waals surface area contributed by atoms with Gasteiger partial charge >= 0.3 is 0 Å². The maximum Gasteiger partial charge on any atom is 0.0752 e. The third kappa shape index (κ3) is 23.9. The van der Waals surface area contributed by atoms with Crippen LogP contribution in [0.2, 0.25) is 0 Å². The van der Waals surface area contributed by atoms with E-state index in [0.717, 1.165) is 18.4 Å². The van der Waals surface area contributed by atoms with Crippen LogP contribution >= 0.6 is 0 Å². The molecule has 0 aliphatic heterocycles. The summed E-state index contributed by atoms with van der Waals surface area (Å²) in [4.78, 5) is 0. The van der Waals surface area contributed by atoms with Gasteiger partial charge in [-0.25, -0.2) is 0 Å². The number of rotatable bonds is 23. The molecule has 0 atom stereocenters. The summed E-state index contributed by atoms with van der Waals surface area (Å²) in [6.07, 6.45) is 31.2. The van der Waals surface area contributed by atoms with E-state index < -0.39 is 0 Å². The minimum atomic E-state index is 0.763. The lowest BCUT2D eigenvalue weighted by Crippen LogP contribution is -2.77. The van der Waals surface area contributed by atoms with E-state index >= 15 is 0 Å². The van der Waals surface area contributed by atoms with E-state index in [2.05, 4.69) is 6.92 Å². The molecule has 158 valence electrons. The van der Waals surface area contributed by atoms with Gasteiger partial charge in [0.1, 0.15) is 0 Å². The van der Waals surface area contributed by atoms with Crippen LogP contribution in [0.15, 0.2) is 0 Å². The summed E-state index contributed by atoms with van der Waals surface area (Å²) in [5.41, 5.74) is 1.05. The minimum absolute atomic E-state index is 0.763. The van der Waals surface area contributed by atoms with Crippen molar-refractivity contribution in [1.29, 1.82) is 0 Å². The van der Waals surface area contributed by atoms with Gasteiger partial charge in [0.15, 0.2) is 0 Å². The molecule has 0 radical (unpaired) electrons. The quantitative estimate of drug-likeness (QED) is 0.146. The number of hydrogen-bond acceptors (Lipinski definition) is 1. The van der Waals surface area contributed by atoms with Gasteiger partial charge in [-0.15, -0.1) is 0 Å². The Kier molecular flexibility index (Phi) is 24.8. The summed E-state index contributed by atoms with van der Waals surface area (Å²) < 4.78 is 0. The lowest BCUT2D eigenvalue weighted by atomic mass is 10.0. The van der Waals surface area contributed by atoms with Crippen molar-refractivity contribution in [2.75, 3.05) is 6.54 Å². The molecule has 0 saturated carbocycles. The van der Waals surface area contributed by atoms with E-state index in [-0.39, 0.29) is 0 Å². The lowest BCUT2D eigenvalue weighted by molar-refractivity contribution is -0.589. The Morgan fingerprint density at radius 3 is 0.846 bits per heavy atom. The Balaban J connectivity index is 2.95. The summed E-state index contributed by atoms with van der Waals surface area (Å²) in [5.74, 6) is 0. The molecule has 0 aliphatic carbocycles. The fourth-order valence-corrected chi connectivity index (χ4v) is 3.84. The molecule has 0 aromatic carbocycles. The molecular weight excluding hydrogens is 318 g/mol. The SMILES string of the molecule is CCCCCCCCCCCCCCCCCCCCCCCC[NH2+][O-]. The van der Waals surface area contributed by atoms with Crippen molar-refractivity contribution in [1.82, 2.24) is 0 Å². The van der Waals surface area contributed by atoms with Crippen molar-refractivity contribution >= 4 is 0 Å². The molecule has 0 spiro atoms. The Bertz CT molecular complexity index is 208. The summed E-state index contributed by atoms with van der Waals surface area (Å²) in [6.45, 7) is 3.06. The molecule has 0 heterocycles. The number of quaternary nitrogens is 1. The molecule has 0 rings (SSSR count). The molecule has 0 aliphatic rings. The van der Waals surface area contributed by atoms with Gasteiger partial charge in [-0.05, 0) is 12.8 Å². The van der Waals surface area contributed by atoms with Gasteiger partial charge in [0, 0.05) is 0 Å². The second kappa shape index (κ2) is 24.9. The third-order valence-electron chi connectivity index (χ3n) is 5.68. The van der Waals surface area contributed by atoms with E-state index in [4.69, 9.17) is 0 Å². The number of nitrogens with two attached hydrogens (primary N) is 1. The summed E-state index contributed by atoms with van der Waals surface area (Å²) in [7, 11) is 0. The van der Waals surface area contributed by atoms with Crippen LogP contribution < -0.4 is 5.48 Å². The Hall–Kier alpha value is -0.0800. The monoisotopic (exact) mass is 369 g/mol. The zero-order valence-corrected chi connectivity index (χ0v) is 18.2. The van der Waals surface area contributed by atoms with Crippen molar-refractivity contribution in [3.8, 4) is 0 Å². The smallest absolute Gasteiger partial charge is 0.0752 e. The van der Waals surface area contributed by atoms with Gasteiger partial charge in [-0.1, -0.05) is 135 Å². The standard InChI is InChI=1S/C24H51NO/c1-2-3-4-5-6-7-8-9-10-11-12-13-14-15-16-17-18-19-20-21-22-23-24-25-26/h2-25H2,1H3. The van der Waals surface area contributed by atoms with Crippen LogP contribution in [0.1, 0.15) is 148 Å². The van der Waals surface area contributed by atoms with Crippen molar-refractivity contribution in [2.24, 2.45) is 0 Å². The van der Waals surface area contributed by atoms with Crippen LogP contribution in [0.5, 0.6) is 0 Å². The molecule has 2 heteroatoms.